The molecular formula is C19H25N3O. The van der Waals surface area contributed by atoms with Crippen LogP contribution in [0.4, 0.5) is 5.69 Å². The first-order valence-corrected chi connectivity index (χ1v) is 8.66. The molecule has 0 amide bonds. The number of aromatic nitrogens is 2. The summed E-state index contributed by atoms with van der Waals surface area (Å²) >= 11 is 0. The van der Waals surface area contributed by atoms with Crippen molar-refractivity contribution in [2.24, 2.45) is 7.05 Å². The maximum atomic E-state index is 12.6. The monoisotopic (exact) mass is 311 g/mol. The zero-order valence-electron chi connectivity index (χ0n) is 14.1. The van der Waals surface area contributed by atoms with E-state index in [9.17, 15) is 4.79 Å². The number of hydrogen-bond acceptors (Lipinski definition) is 3. The summed E-state index contributed by atoms with van der Waals surface area (Å²) in [5.41, 5.74) is 2.33. The van der Waals surface area contributed by atoms with Crippen LogP contribution in [0.15, 0.2) is 29.3 Å². The van der Waals surface area contributed by atoms with Crippen LogP contribution in [-0.4, -0.2) is 16.1 Å². The van der Waals surface area contributed by atoms with Gasteiger partial charge in [-0.1, -0.05) is 39.0 Å². The average molecular weight is 311 g/mol. The van der Waals surface area contributed by atoms with Crippen LogP contribution in [0.2, 0.25) is 0 Å². The van der Waals surface area contributed by atoms with Gasteiger partial charge < -0.3 is 9.88 Å². The summed E-state index contributed by atoms with van der Waals surface area (Å²) in [6.07, 6.45) is 11.3. The number of rotatable bonds is 8. The molecule has 2 aromatic heterocycles. The zero-order chi connectivity index (χ0) is 16.2. The highest BCUT2D eigenvalue weighted by Gasteiger charge is 2.13. The summed E-state index contributed by atoms with van der Waals surface area (Å²) in [6.45, 7) is 3.08. The molecule has 0 bridgehead atoms. The van der Waals surface area contributed by atoms with Crippen molar-refractivity contribution in [2.75, 3.05) is 11.9 Å². The lowest BCUT2D eigenvalue weighted by atomic mass is 10.1. The normalized spacial score (nSPS) is 11.6. The van der Waals surface area contributed by atoms with Gasteiger partial charge in [-0.05, 0) is 18.6 Å². The van der Waals surface area contributed by atoms with Crippen molar-refractivity contribution >= 4 is 27.5 Å². The molecule has 0 aliphatic heterocycles. The number of hydrogen-bond donors (Lipinski definition) is 1. The first-order chi connectivity index (χ1) is 11.2. The smallest absolute Gasteiger partial charge is 0.227 e. The fourth-order valence-corrected chi connectivity index (χ4v) is 3.18. The Bertz CT molecular complexity index is 837. The molecule has 0 unspecified atom stereocenters. The van der Waals surface area contributed by atoms with Gasteiger partial charge in [0.2, 0.25) is 5.43 Å². The first kappa shape index (κ1) is 15.8. The number of nitrogens with zero attached hydrogens (tertiary/aromatic N) is 2. The molecule has 0 atom stereocenters. The van der Waals surface area contributed by atoms with Gasteiger partial charge in [0, 0.05) is 36.8 Å². The van der Waals surface area contributed by atoms with Gasteiger partial charge in [-0.3, -0.25) is 9.78 Å². The van der Waals surface area contributed by atoms with E-state index in [0.29, 0.717) is 11.2 Å². The van der Waals surface area contributed by atoms with Gasteiger partial charge in [-0.25, -0.2) is 0 Å². The Hall–Kier alpha value is -2.10. The molecule has 0 aliphatic rings. The molecule has 23 heavy (non-hydrogen) atoms. The summed E-state index contributed by atoms with van der Waals surface area (Å²) in [4.78, 5) is 16.9. The zero-order valence-corrected chi connectivity index (χ0v) is 14.1. The van der Waals surface area contributed by atoms with E-state index in [1.807, 2.05) is 29.9 Å². The Morgan fingerprint density at radius 2 is 1.96 bits per heavy atom. The van der Waals surface area contributed by atoms with Crippen LogP contribution in [0.3, 0.4) is 0 Å². The second kappa shape index (κ2) is 6.99. The van der Waals surface area contributed by atoms with Gasteiger partial charge in [0.15, 0.2) is 0 Å². The summed E-state index contributed by atoms with van der Waals surface area (Å²) in [6, 6.07) is 3.97. The Labute approximate surface area is 136 Å². The van der Waals surface area contributed by atoms with E-state index in [-0.39, 0.29) is 5.43 Å². The summed E-state index contributed by atoms with van der Waals surface area (Å²) < 4.78 is 2.05. The fraction of sp³-hybridized carbons (Fsp3) is 0.474. The molecule has 4 heteroatoms. The van der Waals surface area contributed by atoms with E-state index in [4.69, 9.17) is 0 Å². The maximum Gasteiger partial charge on any atom is 0.227 e. The predicted molar refractivity (Wildman–Crippen MR) is 97.5 cm³/mol. The molecule has 3 aromatic rings. The topological polar surface area (TPSA) is 46.9 Å². The number of benzene rings is 1. The largest absolute Gasteiger partial charge is 0.382 e. The van der Waals surface area contributed by atoms with Crippen molar-refractivity contribution in [3.8, 4) is 0 Å². The van der Waals surface area contributed by atoms with Crippen LogP contribution >= 0.6 is 0 Å². The van der Waals surface area contributed by atoms with Gasteiger partial charge in [0.1, 0.15) is 5.52 Å². The Morgan fingerprint density at radius 3 is 2.78 bits per heavy atom. The second-order valence-corrected chi connectivity index (χ2v) is 6.33. The highest BCUT2D eigenvalue weighted by Crippen LogP contribution is 2.25. The predicted octanol–water partition coefficient (Wildman–Crippen LogP) is 4.30. The highest BCUT2D eigenvalue weighted by molar-refractivity contribution is 6.09. The summed E-state index contributed by atoms with van der Waals surface area (Å²) in [5.74, 6) is 0. The maximum absolute atomic E-state index is 12.6. The van der Waals surface area contributed by atoms with E-state index in [1.54, 1.807) is 6.20 Å². The number of aryl methyl sites for hydroxylation is 1. The Morgan fingerprint density at radius 1 is 1.17 bits per heavy atom. The lowest BCUT2D eigenvalue weighted by molar-refractivity contribution is 0.617. The van der Waals surface area contributed by atoms with Crippen molar-refractivity contribution in [3.05, 3.63) is 34.7 Å². The third kappa shape index (κ3) is 3.16. The standard InChI is InChI=1S/C19H25N3O/c1-3-4-5-6-7-8-10-20-15-12-16-17-14(9-11-22(16)2)13-21-18(17)19(15)23/h9,11-13,20H,3-8,10H2,1-2H3. The molecule has 0 fully saturated rings. The lowest BCUT2D eigenvalue weighted by Crippen LogP contribution is -2.13. The molecule has 0 spiro atoms. The molecule has 1 N–H and O–H groups in total. The third-order valence-corrected chi connectivity index (χ3v) is 4.56. The molecule has 1 aromatic carbocycles. The van der Waals surface area contributed by atoms with Crippen LogP contribution < -0.4 is 10.7 Å². The number of unbranched alkanes of at least 4 members (excludes halogenated alkanes) is 5. The van der Waals surface area contributed by atoms with Crippen molar-refractivity contribution in [1.82, 2.24) is 9.55 Å². The summed E-state index contributed by atoms with van der Waals surface area (Å²) in [5, 5.41) is 5.33. The van der Waals surface area contributed by atoms with E-state index >= 15 is 0 Å². The van der Waals surface area contributed by atoms with Gasteiger partial charge in [0.05, 0.1) is 11.2 Å². The Kier molecular flexibility index (Phi) is 4.79. The third-order valence-electron chi connectivity index (χ3n) is 4.56. The molecule has 0 radical (unpaired) electrons. The van der Waals surface area contributed by atoms with Crippen molar-refractivity contribution < 1.29 is 0 Å². The first-order valence-electron chi connectivity index (χ1n) is 8.66. The molecule has 0 aliphatic carbocycles. The molecular weight excluding hydrogens is 286 g/mol. The lowest BCUT2D eigenvalue weighted by Gasteiger charge is -2.10. The highest BCUT2D eigenvalue weighted by atomic mass is 16.1. The number of pyridine rings is 1. The molecule has 3 rings (SSSR count). The van der Waals surface area contributed by atoms with E-state index in [0.717, 1.165) is 29.3 Å². The molecule has 2 heterocycles. The van der Waals surface area contributed by atoms with Crippen molar-refractivity contribution in [1.29, 1.82) is 0 Å². The van der Waals surface area contributed by atoms with Crippen LogP contribution in [-0.2, 0) is 7.05 Å². The second-order valence-electron chi connectivity index (χ2n) is 6.33. The van der Waals surface area contributed by atoms with Gasteiger partial charge >= 0.3 is 0 Å². The number of anilines is 1. The van der Waals surface area contributed by atoms with E-state index in [2.05, 4.69) is 17.2 Å². The minimum atomic E-state index is 0.0182. The molecule has 0 saturated carbocycles. The number of nitrogens with one attached hydrogen (secondary N) is 1. The van der Waals surface area contributed by atoms with E-state index < -0.39 is 0 Å². The molecule has 4 nitrogen and oxygen atoms in total. The van der Waals surface area contributed by atoms with Crippen LogP contribution in [0.5, 0.6) is 0 Å². The van der Waals surface area contributed by atoms with Gasteiger partial charge in [-0.15, -0.1) is 0 Å². The van der Waals surface area contributed by atoms with Gasteiger partial charge in [0.25, 0.3) is 0 Å². The van der Waals surface area contributed by atoms with Gasteiger partial charge in [-0.2, -0.15) is 0 Å². The molecule has 122 valence electrons. The van der Waals surface area contributed by atoms with Crippen molar-refractivity contribution in [3.63, 3.8) is 0 Å². The minimum absolute atomic E-state index is 0.0182. The minimum Gasteiger partial charge on any atom is -0.382 e. The van der Waals surface area contributed by atoms with Crippen LogP contribution in [0.1, 0.15) is 45.4 Å². The van der Waals surface area contributed by atoms with Crippen LogP contribution in [0.25, 0.3) is 21.8 Å². The van der Waals surface area contributed by atoms with Crippen molar-refractivity contribution in [2.45, 2.75) is 45.4 Å². The summed E-state index contributed by atoms with van der Waals surface area (Å²) in [7, 11) is 2.00. The van der Waals surface area contributed by atoms with Crippen LogP contribution in [0, 0.1) is 0 Å². The van der Waals surface area contributed by atoms with E-state index in [1.165, 1.54) is 32.1 Å². The quantitative estimate of drug-likeness (QED) is 0.631. The Balaban J connectivity index is 1.73. The molecule has 0 saturated heterocycles. The SMILES string of the molecule is CCCCCCCCNc1cc2c3c(ccn2C)cnc3c1=O. The average Bonchev–Trinajstić information content (AvgIpc) is 2.98. The fourth-order valence-electron chi connectivity index (χ4n) is 3.18.